The van der Waals surface area contributed by atoms with Gasteiger partial charge in [-0.25, -0.2) is 4.79 Å². The molecule has 1 heterocycles. The molecule has 9 nitrogen and oxygen atoms in total. The van der Waals surface area contributed by atoms with Crippen molar-refractivity contribution in [1.82, 2.24) is 26.1 Å². The Morgan fingerprint density at radius 2 is 1.92 bits per heavy atom. The van der Waals surface area contributed by atoms with Crippen molar-refractivity contribution in [1.29, 1.82) is 0 Å². The van der Waals surface area contributed by atoms with E-state index in [4.69, 9.17) is 9.26 Å². The van der Waals surface area contributed by atoms with E-state index >= 15 is 0 Å². The minimum absolute atomic E-state index is 0.450. The fraction of sp³-hybridized carbons (Fsp3) is 0.750. The maximum absolute atomic E-state index is 11.9. The monoisotopic (exact) mass is 354 g/mol. The van der Waals surface area contributed by atoms with Crippen LogP contribution in [0.5, 0.6) is 0 Å². The zero-order valence-electron chi connectivity index (χ0n) is 16.2. The van der Waals surface area contributed by atoms with Crippen molar-refractivity contribution in [2.24, 2.45) is 4.99 Å². The van der Waals surface area contributed by atoms with Crippen LogP contribution in [0.3, 0.4) is 0 Å². The summed E-state index contributed by atoms with van der Waals surface area (Å²) in [4.78, 5) is 20.2. The number of aromatic nitrogens is 2. The van der Waals surface area contributed by atoms with Gasteiger partial charge in [0.05, 0.1) is 5.54 Å². The lowest BCUT2D eigenvalue weighted by Gasteiger charge is -2.29. The third kappa shape index (κ3) is 8.92. The number of hydrogen-bond donors (Lipinski definition) is 3. The molecule has 0 atom stereocenters. The first kappa shape index (κ1) is 20.7. The highest BCUT2D eigenvalue weighted by atomic mass is 16.6. The number of nitrogens with one attached hydrogen (secondary N) is 3. The Bertz CT molecular complexity index is 589. The number of nitrogens with zero attached hydrogens (tertiary/aromatic N) is 3. The number of aliphatic imine (C=N–C) groups is 1. The van der Waals surface area contributed by atoms with Crippen LogP contribution < -0.4 is 16.0 Å². The van der Waals surface area contributed by atoms with Gasteiger partial charge in [0.1, 0.15) is 5.60 Å². The molecule has 0 aliphatic carbocycles. The molecule has 0 radical (unpaired) electrons. The molecule has 0 fully saturated rings. The van der Waals surface area contributed by atoms with Crippen molar-refractivity contribution in [3.63, 3.8) is 0 Å². The van der Waals surface area contributed by atoms with Gasteiger partial charge in [0.2, 0.25) is 5.89 Å². The van der Waals surface area contributed by atoms with Crippen LogP contribution in [0.25, 0.3) is 0 Å². The van der Waals surface area contributed by atoms with Gasteiger partial charge in [-0.15, -0.1) is 0 Å². The molecule has 0 bridgehead atoms. The number of alkyl carbamates (subject to hydrolysis) is 1. The number of amides is 1. The fourth-order valence-corrected chi connectivity index (χ4v) is 1.88. The van der Waals surface area contributed by atoms with Gasteiger partial charge in [0.25, 0.3) is 0 Å². The molecule has 0 spiro atoms. The molecule has 3 N–H and O–H groups in total. The Hall–Kier alpha value is -2.32. The smallest absolute Gasteiger partial charge is 0.408 e. The summed E-state index contributed by atoms with van der Waals surface area (Å²) in [6.07, 6.45) is 0.148. The topological polar surface area (TPSA) is 114 Å². The summed E-state index contributed by atoms with van der Waals surface area (Å²) in [7, 11) is 1.68. The molecule has 142 valence electrons. The summed E-state index contributed by atoms with van der Waals surface area (Å²) in [5.74, 6) is 1.81. The lowest BCUT2D eigenvalue weighted by Crippen LogP contribution is -2.54. The standard InChI is InChI=1S/C16H30N6O3/c1-11-20-12(25-22-11)8-9-18-13(17-7)19-10-16(5,6)21-14(23)24-15(2,3)4/h8-10H2,1-7H3,(H,21,23)(H2,17,18,19). The summed E-state index contributed by atoms with van der Waals surface area (Å²) >= 11 is 0. The number of guanidine groups is 1. The van der Waals surface area contributed by atoms with E-state index in [2.05, 4.69) is 31.1 Å². The average Bonchev–Trinajstić information content (AvgIpc) is 2.85. The first-order valence-electron chi connectivity index (χ1n) is 8.25. The molecule has 1 amide bonds. The van der Waals surface area contributed by atoms with Crippen molar-refractivity contribution >= 4 is 12.1 Å². The van der Waals surface area contributed by atoms with E-state index in [0.717, 1.165) is 0 Å². The van der Waals surface area contributed by atoms with Crippen LogP contribution in [0.2, 0.25) is 0 Å². The molecular weight excluding hydrogens is 324 g/mol. The summed E-state index contributed by atoms with van der Waals surface area (Å²) in [5, 5.41) is 12.9. The quantitative estimate of drug-likeness (QED) is 0.522. The predicted octanol–water partition coefficient (Wildman–Crippen LogP) is 1.39. The molecule has 25 heavy (non-hydrogen) atoms. The van der Waals surface area contributed by atoms with E-state index < -0.39 is 17.2 Å². The van der Waals surface area contributed by atoms with Gasteiger partial charge in [-0.1, -0.05) is 5.16 Å². The third-order valence-corrected chi connectivity index (χ3v) is 2.96. The van der Waals surface area contributed by atoms with Crippen LogP contribution in [0.15, 0.2) is 9.52 Å². The molecule has 0 saturated carbocycles. The molecule has 0 aromatic carbocycles. The molecule has 0 aliphatic heterocycles. The summed E-state index contributed by atoms with van der Waals surface area (Å²) in [5.41, 5.74) is -1.04. The fourth-order valence-electron chi connectivity index (χ4n) is 1.88. The van der Waals surface area contributed by atoms with Crippen LogP contribution >= 0.6 is 0 Å². The van der Waals surface area contributed by atoms with E-state index in [-0.39, 0.29) is 0 Å². The molecule has 0 aliphatic rings. The van der Waals surface area contributed by atoms with E-state index in [9.17, 15) is 4.79 Å². The number of ether oxygens (including phenoxy) is 1. The van der Waals surface area contributed by atoms with Gasteiger partial charge < -0.3 is 25.2 Å². The van der Waals surface area contributed by atoms with Crippen molar-refractivity contribution in [3.8, 4) is 0 Å². The number of aryl methyl sites for hydroxylation is 1. The van der Waals surface area contributed by atoms with E-state index in [1.165, 1.54) is 0 Å². The highest BCUT2D eigenvalue weighted by Gasteiger charge is 2.24. The number of hydrogen-bond acceptors (Lipinski definition) is 6. The molecule has 1 aromatic heterocycles. The first-order chi connectivity index (χ1) is 11.5. The second kappa shape index (κ2) is 8.68. The normalized spacial score (nSPS) is 12.7. The third-order valence-electron chi connectivity index (χ3n) is 2.96. The zero-order valence-corrected chi connectivity index (χ0v) is 16.2. The second-order valence-corrected chi connectivity index (χ2v) is 7.35. The number of rotatable bonds is 6. The molecule has 1 rings (SSSR count). The minimum atomic E-state index is -0.529. The predicted molar refractivity (Wildman–Crippen MR) is 95.6 cm³/mol. The summed E-state index contributed by atoms with van der Waals surface area (Å²) in [6.45, 7) is 12.1. The van der Waals surface area contributed by atoms with Gasteiger partial charge in [0, 0.05) is 26.6 Å². The van der Waals surface area contributed by atoms with Gasteiger partial charge in [-0.3, -0.25) is 4.99 Å². The first-order valence-corrected chi connectivity index (χ1v) is 8.25. The van der Waals surface area contributed by atoms with E-state index in [1.54, 1.807) is 14.0 Å². The molecule has 0 saturated heterocycles. The van der Waals surface area contributed by atoms with E-state index in [0.29, 0.717) is 37.2 Å². The largest absolute Gasteiger partial charge is 0.444 e. The maximum atomic E-state index is 11.9. The Morgan fingerprint density at radius 3 is 2.44 bits per heavy atom. The molecule has 1 aromatic rings. The average molecular weight is 354 g/mol. The van der Waals surface area contributed by atoms with Crippen LogP contribution in [0, 0.1) is 6.92 Å². The van der Waals surface area contributed by atoms with Crippen molar-refractivity contribution < 1.29 is 14.1 Å². The highest BCUT2D eigenvalue weighted by Crippen LogP contribution is 2.09. The molecular formula is C16H30N6O3. The number of carbonyl (C=O) groups is 1. The maximum Gasteiger partial charge on any atom is 0.408 e. The van der Waals surface area contributed by atoms with Gasteiger partial charge >= 0.3 is 6.09 Å². The lowest BCUT2D eigenvalue weighted by molar-refractivity contribution is 0.0474. The zero-order chi connectivity index (χ0) is 19.1. The SMILES string of the molecule is CN=C(NCCc1nc(C)no1)NCC(C)(C)NC(=O)OC(C)(C)C. The Morgan fingerprint density at radius 1 is 1.24 bits per heavy atom. The lowest BCUT2D eigenvalue weighted by atomic mass is 10.1. The van der Waals surface area contributed by atoms with Crippen LogP contribution in [-0.2, 0) is 11.2 Å². The summed E-state index contributed by atoms with van der Waals surface area (Å²) < 4.78 is 10.3. The highest BCUT2D eigenvalue weighted by molar-refractivity contribution is 5.79. The van der Waals surface area contributed by atoms with Crippen LogP contribution in [0.1, 0.15) is 46.3 Å². The second-order valence-electron chi connectivity index (χ2n) is 7.35. The summed E-state index contributed by atoms with van der Waals surface area (Å²) in [6, 6.07) is 0. The van der Waals surface area contributed by atoms with Crippen molar-refractivity contribution in [2.75, 3.05) is 20.1 Å². The van der Waals surface area contributed by atoms with E-state index in [1.807, 2.05) is 34.6 Å². The van der Waals surface area contributed by atoms with Crippen LogP contribution in [0.4, 0.5) is 4.79 Å². The number of carbonyl (C=O) groups excluding carboxylic acids is 1. The Labute approximate surface area is 149 Å². The van der Waals surface area contributed by atoms with Crippen LogP contribution in [-0.4, -0.2) is 53.5 Å². The Kier molecular flexibility index (Phi) is 7.20. The van der Waals surface area contributed by atoms with Gasteiger partial charge in [0.15, 0.2) is 11.8 Å². The molecule has 0 unspecified atom stereocenters. The van der Waals surface area contributed by atoms with Crippen molar-refractivity contribution in [2.45, 2.75) is 59.1 Å². The minimum Gasteiger partial charge on any atom is -0.444 e. The Balaban J connectivity index is 2.38. The van der Waals surface area contributed by atoms with Gasteiger partial charge in [-0.2, -0.15) is 4.98 Å². The van der Waals surface area contributed by atoms with Gasteiger partial charge in [-0.05, 0) is 41.5 Å². The molecule has 9 heteroatoms. The van der Waals surface area contributed by atoms with Crippen molar-refractivity contribution in [3.05, 3.63) is 11.7 Å².